The molecule has 0 N–H and O–H groups in total. The smallest absolute Gasteiger partial charge is 0.0988 e. The van der Waals surface area contributed by atoms with Gasteiger partial charge in [0.15, 0.2) is 0 Å². The Morgan fingerprint density at radius 1 is 1.50 bits per heavy atom. The molecule has 1 nitrogen and oxygen atoms in total. The molecule has 0 aliphatic heterocycles. The maximum atomic E-state index is 8.40. The maximum absolute atomic E-state index is 8.40. The van der Waals surface area contributed by atoms with Gasteiger partial charge in [-0.3, -0.25) is 0 Å². The fourth-order valence-electron chi connectivity index (χ4n) is 0.399. The van der Waals surface area contributed by atoms with Crippen LogP contribution >= 0.6 is 11.6 Å². The number of hydrogen-bond acceptors (Lipinski definition) is 1. The molecule has 2 heteroatoms. The molecule has 0 heterocycles. The van der Waals surface area contributed by atoms with Crippen molar-refractivity contribution >= 4 is 11.6 Å². The summed E-state index contributed by atoms with van der Waals surface area (Å²) in [5, 5.41) is 8.40. The van der Waals surface area contributed by atoms with Crippen LogP contribution in [-0.2, 0) is 0 Å². The van der Waals surface area contributed by atoms with Gasteiger partial charge in [0, 0.05) is 11.1 Å². The fourth-order valence-corrected chi connectivity index (χ4v) is 0.483. The van der Waals surface area contributed by atoms with E-state index in [1.807, 2.05) is 13.0 Å². The lowest BCUT2D eigenvalue weighted by Crippen LogP contribution is -1.66. The third kappa shape index (κ3) is 3.94. The summed E-state index contributed by atoms with van der Waals surface area (Å²) in [6.07, 6.45) is 6.80. The normalized spacial score (nSPS) is 12.7. The van der Waals surface area contributed by atoms with E-state index in [1.54, 1.807) is 24.3 Å². The van der Waals surface area contributed by atoms with E-state index in [9.17, 15) is 0 Å². The van der Waals surface area contributed by atoms with Gasteiger partial charge in [0.05, 0.1) is 6.07 Å². The molecule has 0 rings (SSSR count). The van der Waals surface area contributed by atoms with E-state index >= 15 is 0 Å². The lowest BCUT2D eigenvalue weighted by Gasteiger charge is -1.79. The Kier molecular flexibility index (Phi) is 5.51. The van der Waals surface area contributed by atoms with E-state index in [-0.39, 0.29) is 0 Å². The lowest BCUT2D eigenvalue weighted by molar-refractivity contribution is 1.48. The van der Waals surface area contributed by atoms with Gasteiger partial charge in [-0.1, -0.05) is 29.8 Å². The second-order valence-electron chi connectivity index (χ2n) is 1.53. The van der Waals surface area contributed by atoms with E-state index in [0.29, 0.717) is 5.57 Å². The van der Waals surface area contributed by atoms with E-state index in [2.05, 4.69) is 0 Å². The SMILES string of the molecule is C\C=C(C#N)/C=C\C=C\Cl. The molecular weight excluding hydrogens is 146 g/mol. The molecule has 10 heavy (non-hydrogen) atoms. The number of hydrogen-bond donors (Lipinski definition) is 0. The quantitative estimate of drug-likeness (QED) is 0.442. The first kappa shape index (κ1) is 9.00. The monoisotopic (exact) mass is 153 g/mol. The highest BCUT2D eigenvalue weighted by molar-refractivity contribution is 6.25. The summed E-state index contributed by atoms with van der Waals surface area (Å²) in [6.45, 7) is 1.81. The van der Waals surface area contributed by atoms with Crippen molar-refractivity contribution in [1.82, 2.24) is 0 Å². The minimum Gasteiger partial charge on any atom is -0.192 e. The van der Waals surface area contributed by atoms with Crippen LogP contribution in [0.15, 0.2) is 35.4 Å². The molecule has 0 amide bonds. The van der Waals surface area contributed by atoms with E-state index in [4.69, 9.17) is 16.9 Å². The van der Waals surface area contributed by atoms with E-state index in [1.165, 1.54) is 5.54 Å². The summed E-state index contributed by atoms with van der Waals surface area (Å²) in [4.78, 5) is 0. The van der Waals surface area contributed by atoms with Gasteiger partial charge in [0.1, 0.15) is 0 Å². The van der Waals surface area contributed by atoms with Gasteiger partial charge >= 0.3 is 0 Å². The van der Waals surface area contributed by atoms with Crippen molar-refractivity contribution in [3.05, 3.63) is 35.4 Å². The fraction of sp³-hybridized carbons (Fsp3) is 0.125. The van der Waals surface area contributed by atoms with Crippen molar-refractivity contribution in [3.8, 4) is 6.07 Å². The van der Waals surface area contributed by atoms with Crippen molar-refractivity contribution < 1.29 is 0 Å². The van der Waals surface area contributed by atoms with Crippen LogP contribution in [0.4, 0.5) is 0 Å². The van der Waals surface area contributed by atoms with Gasteiger partial charge in [0.2, 0.25) is 0 Å². The van der Waals surface area contributed by atoms with Gasteiger partial charge in [-0.2, -0.15) is 5.26 Å². The molecule has 52 valence electrons. The summed E-state index contributed by atoms with van der Waals surface area (Å²) < 4.78 is 0. The highest BCUT2D eigenvalue weighted by atomic mass is 35.5. The molecule has 0 atom stereocenters. The van der Waals surface area contributed by atoms with Crippen LogP contribution in [-0.4, -0.2) is 0 Å². The molecule has 0 radical (unpaired) electrons. The Morgan fingerprint density at radius 3 is 2.60 bits per heavy atom. The highest BCUT2D eigenvalue weighted by Gasteiger charge is 1.80. The van der Waals surface area contributed by atoms with Crippen LogP contribution in [0, 0.1) is 11.3 Å². The van der Waals surface area contributed by atoms with Crippen molar-refractivity contribution in [2.24, 2.45) is 0 Å². The Bertz CT molecular complexity index is 206. The standard InChI is InChI=1S/C8H8ClN/c1-2-8(7-10)5-3-4-6-9/h2-6H,1H3/b5-3-,6-4+,8-2+. The highest BCUT2D eigenvalue weighted by Crippen LogP contribution is 1.93. The third-order valence-electron chi connectivity index (χ3n) is 0.900. The molecule has 0 saturated carbocycles. The Labute approximate surface area is 65.9 Å². The first-order valence-electron chi connectivity index (χ1n) is 2.85. The average molecular weight is 154 g/mol. The van der Waals surface area contributed by atoms with Gasteiger partial charge in [-0.05, 0) is 13.0 Å². The Balaban J connectivity index is 4.02. The third-order valence-corrected chi connectivity index (χ3v) is 1.05. The van der Waals surface area contributed by atoms with Crippen LogP contribution in [0.2, 0.25) is 0 Å². The van der Waals surface area contributed by atoms with E-state index in [0.717, 1.165) is 0 Å². The van der Waals surface area contributed by atoms with Crippen molar-refractivity contribution in [2.45, 2.75) is 6.92 Å². The van der Waals surface area contributed by atoms with Gasteiger partial charge in [-0.25, -0.2) is 0 Å². The summed E-state index contributed by atoms with van der Waals surface area (Å²) in [5.74, 6) is 0. The topological polar surface area (TPSA) is 23.8 Å². The molecule has 0 fully saturated rings. The van der Waals surface area contributed by atoms with Crippen LogP contribution < -0.4 is 0 Å². The largest absolute Gasteiger partial charge is 0.192 e. The Hall–Kier alpha value is -1.00. The van der Waals surface area contributed by atoms with Crippen LogP contribution in [0.5, 0.6) is 0 Å². The predicted octanol–water partition coefficient (Wildman–Crippen LogP) is 2.76. The minimum absolute atomic E-state index is 0.634. The van der Waals surface area contributed by atoms with Crippen LogP contribution in [0.1, 0.15) is 6.92 Å². The second kappa shape index (κ2) is 6.12. The van der Waals surface area contributed by atoms with E-state index < -0.39 is 0 Å². The second-order valence-corrected chi connectivity index (χ2v) is 1.79. The minimum atomic E-state index is 0.634. The van der Waals surface area contributed by atoms with Crippen molar-refractivity contribution in [2.75, 3.05) is 0 Å². The average Bonchev–Trinajstić information content (AvgIpc) is 1.99. The van der Waals surface area contributed by atoms with Crippen LogP contribution in [0.3, 0.4) is 0 Å². The molecule has 0 aliphatic rings. The molecular formula is C8H8ClN. The van der Waals surface area contributed by atoms with Crippen molar-refractivity contribution in [1.29, 1.82) is 5.26 Å². The molecule has 0 aromatic rings. The van der Waals surface area contributed by atoms with Gasteiger partial charge in [-0.15, -0.1) is 0 Å². The molecule has 0 saturated heterocycles. The molecule has 0 bridgehead atoms. The van der Waals surface area contributed by atoms with Gasteiger partial charge < -0.3 is 0 Å². The van der Waals surface area contributed by atoms with Crippen molar-refractivity contribution in [3.63, 3.8) is 0 Å². The zero-order chi connectivity index (χ0) is 7.82. The lowest BCUT2D eigenvalue weighted by atomic mass is 10.2. The first-order chi connectivity index (χ1) is 4.85. The summed E-state index contributed by atoms with van der Waals surface area (Å²) in [7, 11) is 0. The predicted molar refractivity (Wildman–Crippen MR) is 43.5 cm³/mol. The number of halogens is 1. The number of nitriles is 1. The van der Waals surface area contributed by atoms with Crippen LogP contribution in [0.25, 0.3) is 0 Å². The maximum Gasteiger partial charge on any atom is 0.0988 e. The number of nitrogens with zero attached hydrogens (tertiary/aromatic N) is 1. The van der Waals surface area contributed by atoms with Gasteiger partial charge in [0.25, 0.3) is 0 Å². The summed E-state index contributed by atoms with van der Waals surface area (Å²) >= 11 is 5.24. The molecule has 0 aromatic carbocycles. The zero-order valence-corrected chi connectivity index (χ0v) is 6.47. The molecule has 0 aliphatic carbocycles. The molecule has 0 unspecified atom stereocenters. The number of allylic oxidation sites excluding steroid dienone is 5. The summed E-state index contributed by atoms with van der Waals surface area (Å²) in [6, 6.07) is 2.01. The molecule has 0 spiro atoms. The number of rotatable bonds is 2. The first-order valence-corrected chi connectivity index (χ1v) is 3.28. The Morgan fingerprint density at radius 2 is 2.20 bits per heavy atom. The zero-order valence-electron chi connectivity index (χ0n) is 5.71. The molecule has 0 aromatic heterocycles. The summed E-state index contributed by atoms with van der Waals surface area (Å²) in [5.41, 5.74) is 2.02.